The van der Waals surface area contributed by atoms with Gasteiger partial charge in [-0.05, 0) is 50.5 Å². The number of fused-ring (bicyclic) bond motifs is 3. The number of primary amides is 1. The summed E-state index contributed by atoms with van der Waals surface area (Å²) in [6, 6.07) is -0.896. The minimum absolute atomic E-state index is 0.0365. The third kappa shape index (κ3) is 4.26. The Hall–Kier alpha value is -1.91. The van der Waals surface area contributed by atoms with E-state index in [9.17, 15) is 14.4 Å². The summed E-state index contributed by atoms with van der Waals surface area (Å²) in [5, 5.41) is 2.66. The fraction of sp³-hybridized carbons (Fsp3) is 0.600. The molecule has 1 aliphatic carbocycles. The number of amides is 3. The van der Waals surface area contributed by atoms with E-state index < -0.39 is 17.2 Å². The molecule has 10 heteroatoms. The third-order valence-corrected chi connectivity index (χ3v) is 7.93. The van der Waals surface area contributed by atoms with Crippen LogP contribution in [0.25, 0.3) is 10.2 Å². The summed E-state index contributed by atoms with van der Waals surface area (Å²) in [5.41, 5.74) is 6.14. The molecule has 0 spiro atoms. The molecule has 0 aromatic carbocycles. The summed E-state index contributed by atoms with van der Waals surface area (Å²) in [5.74, 6) is 0.0934. The van der Waals surface area contributed by atoms with Gasteiger partial charge in [0, 0.05) is 11.5 Å². The lowest BCUT2D eigenvalue weighted by atomic mass is 9.89. The molecule has 0 bridgehead atoms. The Bertz CT molecular complexity index is 1040. The van der Waals surface area contributed by atoms with Gasteiger partial charge in [-0.1, -0.05) is 18.7 Å². The molecule has 2 aromatic rings. The normalized spacial score (nSPS) is 22.1. The Kier molecular flexibility index (Phi) is 6.17. The van der Waals surface area contributed by atoms with Crippen LogP contribution >= 0.6 is 23.1 Å². The zero-order valence-electron chi connectivity index (χ0n) is 17.1. The largest absolute Gasteiger partial charge is 0.376 e. The fourth-order valence-corrected chi connectivity index (χ4v) is 6.42. The Labute approximate surface area is 182 Å². The number of carbonyl (C=O) groups excluding carboxylic acids is 2. The quantitative estimate of drug-likeness (QED) is 0.534. The molecular formula is C20H26N4O4S2. The van der Waals surface area contributed by atoms with E-state index in [2.05, 4.69) is 12.2 Å². The molecule has 3 atom stereocenters. The maximum atomic E-state index is 13.6. The lowest BCUT2D eigenvalue weighted by molar-refractivity contribution is -0.119. The Morgan fingerprint density at radius 3 is 2.93 bits per heavy atom. The van der Waals surface area contributed by atoms with Crippen molar-refractivity contribution < 1.29 is 14.3 Å². The maximum Gasteiger partial charge on any atom is 0.318 e. The highest BCUT2D eigenvalue weighted by Crippen LogP contribution is 2.37. The summed E-state index contributed by atoms with van der Waals surface area (Å²) in [6.07, 6.45) is 4.78. The first kappa shape index (κ1) is 21.3. The molecule has 30 heavy (non-hydrogen) atoms. The molecular weight excluding hydrogens is 424 g/mol. The second-order valence-electron chi connectivity index (χ2n) is 8.09. The van der Waals surface area contributed by atoms with E-state index in [0.29, 0.717) is 24.2 Å². The maximum absolute atomic E-state index is 13.6. The number of ether oxygens (including phenoxy) is 1. The standard InChI is InChI=1S/C20H26N4O4S2/c1-10-5-6-13-14(8-10)30-17-15(13)18(26)24(9-12-4-3-7-28-12)20(23-17)29-11(2)16(25)22-19(21)27/h10-12H,3-9H2,1-2H3,(H3,21,22,25,27). The summed E-state index contributed by atoms with van der Waals surface area (Å²) in [4.78, 5) is 43.6. The first-order valence-corrected chi connectivity index (χ1v) is 12.0. The van der Waals surface area contributed by atoms with Crippen molar-refractivity contribution in [2.24, 2.45) is 11.7 Å². The van der Waals surface area contributed by atoms with E-state index in [0.717, 1.165) is 59.6 Å². The van der Waals surface area contributed by atoms with Gasteiger partial charge < -0.3 is 10.5 Å². The minimum Gasteiger partial charge on any atom is -0.376 e. The van der Waals surface area contributed by atoms with E-state index in [-0.39, 0.29) is 11.7 Å². The summed E-state index contributed by atoms with van der Waals surface area (Å²) in [7, 11) is 0. The highest BCUT2D eigenvalue weighted by molar-refractivity contribution is 8.00. The third-order valence-electron chi connectivity index (χ3n) is 5.69. The molecule has 1 aliphatic heterocycles. The molecule has 8 nitrogen and oxygen atoms in total. The predicted octanol–water partition coefficient (Wildman–Crippen LogP) is 2.44. The molecule has 3 amide bonds. The fourth-order valence-electron chi connectivity index (χ4n) is 4.08. The van der Waals surface area contributed by atoms with Crippen molar-refractivity contribution in [1.82, 2.24) is 14.9 Å². The smallest absolute Gasteiger partial charge is 0.318 e. The molecule has 3 N–H and O–H groups in total. The van der Waals surface area contributed by atoms with Gasteiger partial charge in [-0.3, -0.25) is 19.5 Å². The van der Waals surface area contributed by atoms with Crippen LogP contribution in [0.2, 0.25) is 0 Å². The van der Waals surface area contributed by atoms with E-state index in [4.69, 9.17) is 15.5 Å². The number of hydrogen-bond acceptors (Lipinski definition) is 7. The highest BCUT2D eigenvalue weighted by Gasteiger charge is 2.28. The molecule has 4 rings (SSSR count). The monoisotopic (exact) mass is 450 g/mol. The summed E-state index contributed by atoms with van der Waals surface area (Å²) < 4.78 is 7.41. The second kappa shape index (κ2) is 8.68. The number of nitrogens with zero attached hydrogens (tertiary/aromatic N) is 2. The topological polar surface area (TPSA) is 116 Å². The van der Waals surface area contributed by atoms with Crippen LogP contribution in [-0.2, 0) is 28.9 Å². The number of hydrogen-bond donors (Lipinski definition) is 2. The SMILES string of the molecule is CC1CCc2c(sc3nc(SC(C)C(=O)NC(N)=O)n(CC4CCCO4)c(=O)c23)C1. The van der Waals surface area contributed by atoms with Gasteiger partial charge in [0.1, 0.15) is 4.83 Å². The lowest BCUT2D eigenvalue weighted by Gasteiger charge is -2.19. The molecule has 3 unspecified atom stereocenters. The number of urea groups is 1. The van der Waals surface area contributed by atoms with Crippen molar-refractivity contribution in [3.05, 3.63) is 20.8 Å². The van der Waals surface area contributed by atoms with Crippen molar-refractivity contribution in [3.8, 4) is 0 Å². The van der Waals surface area contributed by atoms with E-state index in [1.165, 1.54) is 4.88 Å². The average molecular weight is 451 g/mol. The van der Waals surface area contributed by atoms with Crippen molar-refractivity contribution in [2.75, 3.05) is 6.61 Å². The van der Waals surface area contributed by atoms with Gasteiger partial charge in [-0.15, -0.1) is 11.3 Å². The van der Waals surface area contributed by atoms with Crippen LogP contribution in [-0.4, -0.2) is 39.5 Å². The molecule has 0 radical (unpaired) electrons. The number of thiophene rings is 1. The van der Waals surface area contributed by atoms with Gasteiger partial charge in [-0.25, -0.2) is 9.78 Å². The number of carbonyl (C=O) groups is 2. The highest BCUT2D eigenvalue weighted by atomic mass is 32.2. The second-order valence-corrected chi connectivity index (χ2v) is 10.5. The van der Waals surface area contributed by atoms with Gasteiger partial charge in [0.05, 0.1) is 23.3 Å². The van der Waals surface area contributed by atoms with Crippen LogP contribution in [0.3, 0.4) is 0 Å². The molecule has 2 aliphatic rings. The minimum atomic E-state index is -0.896. The van der Waals surface area contributed by atoms with Crippen LogP contribution in [0.5, 0.6) is 0 Å². The van der Waals surface area contributed by atoms with E-state index in [1.807, 2.05) is 0 Å². The zero-order chi connectivity index (χ0) is 21.4. The molecule has 1 saturated heterocycles. The molecule has 162 valence electrons. The van der Waals surface area contributed by atoms with E-state index >= 15 is 0 Å². The molecule has 2 aromatic heterocycles. The molecule has 1 fully saturated rings. The van der Waals surface area contributed by atoms with Crippen molar-refractivity contribution in [2.45, 2.75) is 69.0 Å². The Balaban J connectivity index is 1.75. The van der Waals surface area contributed by atoms with Gasteiger partial charge in [0.15, 0.2) is 5.16 Å². The van der Waals surface area contributed by atoms with Crippen molar-refractivity contribution in [1.29, 1.82) is 0 Å². The number of aryl methyl sites for hydroxylation is 1. The van der Waals surface area contributed by atoms with Crippen LogP contribution in [0.4, 0.5) is 4.79 Å². The van der Waals surface area contributed by atoms with Gasteiger partial charge in [-0.2, -0.15) is 0 Å². The number of aromatic nitrogens is 2. The first-order valence-electron chi connectivity index (χ1n) is 10.3. The summed E-state index contributed by atoms with van der Waals surface area (Å²) >= 11 is 2.75. The van der Waals surface area contributed by atoms with Crippen LogP contribution < -0.4 is 16.6 Å². The first-order chi connectivity index (χ1) is 14.3. The number of thioether (sulfide) groups is 1. The number of rotatable bonds is 5. The van der Waals surface area contributed by atoms with Crippen LogP contribution in [0.15, 0.2) is 9.95 Å². The number of nitrogens with one attached hydrogen (secondary N) is 1. The van der Waals surface area contributed by atoms with Gasteiger partial charge in [0.2, 0.25) is 5.91 Å². The van der Waals surface area contributed by atoms with Crippen LogP contribution in [0.1, 0.15) is 43.6 Å². The lowest BCUT2D eigenvalue weighted by Crippen LogP contribution is -2.39. The van der Waals surface area contributed by atoms with Gasteiger partial charge >= 0.3 is 6.03 Å². The number of nitrogens with two attached hydrogens (primary N) is 1. The van der Waals surface area contributed by atoms with Gasteiger partial charge in [0.25, 0.3) is 5.56 Å². The van der Waals surface area contributed by atoms with Crippen LogP contribution in [0, 0.1) is 5.92 Å². The molecule has 0 saturated carbocycles. The van der Waals surface area contributed by atoms with E-state index in [1.54, 1.807) is 22.8 Å². The van der Waals surface area contributed by atoms with Crippen molar-refractivity contribution in [3.63, 3.8) is 0 Å². The summed E-state index contributed by atoms with van der Waals surface area (Å²) in [6.45, 7) is 5.00. The Morgan fingerprint density at radius 1 is 1.43 bits per heavy atom. The zero-order valence-corrected chi connectivity index (χ0v) is 18.7. The molecule has 3 heterocycles. The van der Waals surface area contributed by atoms with Crippen molar-refractivity contribution >= 4 is 45.3 Å². The average Bonchev–Trinajstić information content (AvgIpc) is 3.31. The number of imide groups is 1. The predicted molar refractivity (Wildman–Crippen MR) is 117 cm³/mol. The Morgan fingerprint density at radius 2 is 2.23 bits per heavy atom.